The number of thiophene rings is 1. The quantitative estimate of drug-likeness (QED) is 0.300. The van der Waals surface area contributed by atoms with Gasteiger partial charge in [-0.2, -0.15) is 16.6 Å². The predicted molar refractivity (Wildman–Crippen MR) is 103 cm³/mol. The summed E-state index contributed by atoms with van der Waals surface area (Å²) < 4.78 is 0. The maximum absolute atomic E-state index is 12.5. The topological polar surface area (TPSA) is 120 Å². The summed E-state index contributed by atoms with van der Waals surface area (Å²) >= 11 is 6.71. The fraction of sp³-hybridized carbons (Fsp3) is 0.188. The molecule has 1 aromatic heterocycles. The van der Waals surface area contributed by atoms with Crippen molar-refractivity contribution in [2.45, 2.75) is 12.5 Å². The van der Waals surface area contributed by atoms with Crippen molar-refractivity contribution < 1.29 is 9.72 Å². The van der Waals surface area contributed by atoms with Crippen LogP contribution in [-0.4, -0.2) is 22.5 Å². The molecular weight excluding hydrogens is 374 g/mol. The zero-order chi connectivity index (χ0) is 19.2. The summed E-state index contributed by atoms with van der Waals surface area (Å²) in [6, 6.07) is 9.39. The van der Waals surface area contributed by atoms with Gasteiger partial charge in [-0.3, -0.25) is 14.9 Å². The lowest BCUT2D eigenvalue weighted by atomic mass is 9.93. The minimum Gasteiger partial charge on any atom is -0.345 e. The zero-order valence-corrected chi connectivity index (χ0v) is 15.3. The number of amides is 1. The van der Waals surface area contributed by atoms with Crippen molar-refractivity contribution >= 4 is 45.9 Å². The molecule has 8 nitrogen and oxygen atoms in total. The summed E-state index contributed by atoms with van der Waals surface area (Å²) in [5.74, 6) is -0.398. The highest BCUT2D eigenvalue weighted by Crippen LogP contribution is 2.24. The van der Waals surface area contributed by atoms with Crippen molar-refractivity contribution in [3.05, 3.63) is 56.8 Å². The van der Waals surface area contributed by atoms with Gasteiger partial charge in [-0.15, -0.1) is 0 Å². The molecule has 0 spiro atoms. The monoisotopic (exact) mass is 389 g/mol. The van der Waals surface area contributed by atoms with Crippen LogP contribution in [0.2, 0.25) is 0 Å². The number of carbonyl (C=O) groups is 1. The Morgan fingerprint density at radius 2 is 2.08 bits per heavy atom. The smallest absolute Gasteiger partial charge is 0.269 e. The number of nitro groups is 1. The average Bonchev–Trinajstić information content (AvgIpc) is 3.15. The van der Waals surface area contributed by atoms with Crippen LogP contribution in [0.5, 0.6) is 0 Å². The number of carbonyl (C=O) groups excluding carboxylic acids is 1. The van der Waals surface area contributed by atoms with Crippen LogP contribution in [0.4, 0.5) is 11.4 Å². The Labute approximate surface area is 159 Å². The average molecular weight is 389 g/mol. The predicted octanol–water partition coefficient (Wildman–Crippen LogP) is 2.50. The maximum Gasteiger partial charge on any atom is 0.269 e. The molecule has 1 aromatic carbocycles. The molecule has 1 amide bonds. The lowest BCUT2D eigenvalue weighted by Crippen LogP contribution is -2.55. The second kappa shape index (κ2) is 8.37. The first-order valence-corrected chi connectivity index (χ1v) is 8.73. The molecule has 1 atom stereocenters. The van der Waals surface area contributed by atoms with Crippen LogP contribution >= 0.6 is 23.6 Å². The number of nitriles is 1. The Kier molecular flexibility index (Phi) is 6.21. The van der Waals surface area contributed by atoms with Crippen LogP contribution < -0.4 is 16.0 Å². The van der Waals surface area contributed by atoms with E-state index in [0.717, 1.165) is 0 Å². The van der Waals surface area contributed by atoms with E-state index in [9.17, 15) is 14.9 Å². The van der Waals surface area contributed by atoms with E-state index < -0.39 is 16.4 Å². The lowest BCUT2D eigenvalue weighted by molar-refractivity contribution is -0.384. The van der Waals surface area contributed by atoms with Gasteiger partial charge in [0.15, 0.2) is 5.11 Å². The summed E-state index contributed by atoms with van der Waals surface area (Å²) in [4.78, 5) is 22.8. The largest absolute Gasteiger partial charge is 0.345 e. The lowest BCUT2D eigenvalue weighted by Gasteiger charge is -2.30. The summed E-state index contributed by atoms with van der Waals surface area (Å²) in [5, 5.41) is 31.6. The van der Waals surface area contributed by atoms with E-state index in [1.54, 1.807) is 13.0 Å². The van der Waals surface area contributed by atoms with Crippen LogP contribution in [0.3, 0.4) is 0 Å². The number of hydrogen-bond acceptors (Lipinski definition) is 6. The fourth-order valence-corrected chi connectivity index (χ4v) is 3.25. The van der Waals surface area contributed by atoms with Crippen molar-refractivity contribution in [2.24, 2.45) is 0 Å². The second-order valence-corrected chi connectivity index (χ2v) is 6.55. The third-order valence-corrected chi connectivity index (χ3v) is 4.47. The van der Waals surface area contributed by atoms with Crippen molar-refractivity contribution in [1.82, 2.24) is 10.6 Å². The minimum absolute atomic E-state index is 0.0339. The number of thiocarbonyl (C=S) groups is 1. The molecule has 10 heteroatoms. The van der Waals surface area contributed by atoms with E-state index in [0.29, 0.717) is 11.3 Å². The standard InChI is InChI=1S/C16H15N5O3S2/c1-16(11-6-9-26-10-11,14(22)18-8-7-17)20-15(25)19-12-2-4-13(5-3-12)21(23)24/h2-6,9-10H,8H2,1H3,(H,18,22)(H2,19,20,25). The number of nitrogens with one attached hydrogen (secondary N) is 3. The highest BCUT2D eigenvalue weighted by atomic mass is 32.1. The van der Waals surface area contributed by atoms with Gasteiger partial charge >= 0.3 is 0 Å². The molecule has 0 saturated heterocycles. The molecule has 0 radical (unpaired) electrons. The maximum atomic E-state index is 12.5. The molecule has 2 rings (SSSR count). The number of benzene rings is 1. The molecule has 134 valence electrons. The number of hydrogen-bond donors (Lipinski definition) is 3. The number of nitro benzene ring substituents is 1. The molecule has 0 saturated carbocycles. The van der Waals surface area contributed by atoms with E-state index in [-0.39, 0.29) is 17.3 Å². The Balaban J connectivity index is 2.15. The number of nitrogens with zero attached hydrogens (tertiary/aromatic N) is 2. The summed E-state index contributed by atoms with van der Waals surface area (Å²) in [6.45, 7) is 1.54. The Bertz CT molecular complexity index is 846. The van der Waals surface area contributed by atoms with Gasteiger partial charge in [0, 0.05) is 17.8 Å². The van der Waals surface area contributed by atoms with E-state index in [1.807, 2.05) is 16.8 Å². The SMILES string of the molecule is CC(NC(=S)Nc1ccc([N+](=O)[O-])cc1)(C(=O)NCC#N)c1ccsc1. The van der Waals surface area contributed by atoms with Crippen LogP contribution in [0.25, 0.3) is 0 Å². The Hall–Kier alpha value is -3.03. The Morgan fingerprint density at radius 3 is 2.62 bits per heavy atom. The van der Waals surface area contributed by atoms with Gasteiger partial charge in [0.2, 0.25) is 0 Å². The summed E-state index contributed by atoms with van der Waals surface area (Å²) in [6.07, 6.45) is 0. The third kappa shape index (κ3) is 4.53. The molecule has 0 fully saturated rings. The number of non-ortho nitro benzene ring substituents is 1. The Morgan fingerprint density at radius 1 is 1.38 bits per heavy atom. The van der Waals surface area contributed by atoms with Gasteiger partial charge in [0.05, 0.1) is 11.0 Å². The van der Waals surface area contributed by atoms with Gasteiger partial charge < -0.3 is 16.0 Å². The molecule has 1 unspecified atom stereocenters. The first-order valence-electron chi connectivity index (χ1n) is 7.38. The van der Waals surface area contributed by atoms with Crippen LogP contribution in [0.15, 0.2) is 41.1 Å². The first kappa shape index (κ1) is 19.3. The summed E-state index contributed by atoms with van der Waals surface area (Å²) in [5.41, 5.74) is 0.0271. The highest BCUT2D eigenvalue weighted by molar-refractivity contribution is 7.80. The van der Waals surface area contributed by atoms with Gasteiger partial charge in [-0.1, -0.05) is 0 Å². The van der Waals surface area contributed by atoms with Gasteiger partial charge in [-0.25, -0.2) is 0 Å². The van der Waals surface area contributed by atoms with Crippen LogP contribution in [0, 0.1) is 21.4 Å². The van der Waals surface area contributed by atoms with E-state index in [1.165, 1.54) is 35.6 Å². The molecule has 1 heterocycles. The molecule has 3 N–H and O–H groups in total. The molecule has 26 heavy (non-hydrogen) atoms. The third-order valence-electron chi connectivity index (χ3n) is 3.58. The molecule has 2 aromatic rings. The van der Waals surface area contributed by atoms with Gasteiger partial charge in [0.25, 0.3) is 11.6 Å². The molecule has 0 aliphatic rings. The molecule has 0 aliphatic carbocycles. The van der Waals surface area contributed by atoms with Crippen LogP contribution in [-0.2, 0) is 10.3 Å². The highest BCUT2D eigenvalue weighted by Gasteiger charge is 2.36. The van der Waals surface area contributed by atoms with Gasteiger partial charge in [0.1, 0.15) is 12.1 Å². The van der Waals surface area contributed by atoms with Crippen molar-refractivity contribution in [2.75, 3.05) is 11.9 Å². The number of rotatable bonds is 6. The fourth-order valence-electron chi connectivity index (χ4n) is 2.16. The minimum atomic E-state index is -1.18. The summed E-state index contributed by atoms with van der Waals surface area (Å²) in [7, 11) is 0. The zero-order valence-electron chi connectivity index (χ0n) is 13.7. The van der Waals surface area contributed by atoms with Crippen molar-refractivity contribution in [3.63, 3.8) is 0 Å². The van der Waals surface area contributed by atoms with Crippen LogP contribution in [0.1, 0.15) is 12.5 Å². The second-order valence-electron chi connectivity index (χ2n) is 5.36. The molecule has 0 aliphatic heterocycles. The molecule has 0 bridgehead atoms. The molecular formula is C16H15N5O3S2. The first-order chi connectivity index (χ1) is 12.4. The van der Waals surface area contributed by atoms with Gasteiger partial charge in [-0.05, 0) is 53.7 Å². The van der Waals surface area contributed by atoms with E-state index >= 15 is 0 Å². The number of anilines is 1. The van der Waals surface area contributed by atoms with E-state index in [2.05, 4.69) is 16.0 Å². The normalized spacial score (nSPS) is 12.3. The van der Waals surface area contributed by atoms with E-state index in [4.69, 9.17) is 17.5 Å². The van der Waals surface area contributed by atoms with Crippen molar-refractivity contribution in [3.8, 4) is 6.07 Å². The van der Waals surface area contributed by atoms with Crippen molar-refractivity contribution in [1.29, 1.82) is 5.26 Å².